The number of carbonyl (C=O) groups excluding carboxylic acids is 1. The number of hydrogen-bond acceptors (Lipinski definition) is 3. The van der Waals surface area contributed by atoms with Crippen molar-refractivity contribution in [2.45, 2.75) is 73.2 Å². The van der Waals surface area contributed by atoms with Crippen LogP contribution in [0.25, 0.3) is 0 Å². The standard InChI is InChI=1S/C28H38F6N2OS/c1-8-13-20(16-21(14-9-2)27(29,30)31)25(19(6)11-4)38-23(12-5)18-36-26(37)24(35-7)17-22(15-10-3)28(32,33)34/h8,12-17,35H,9-11,18H2,1-7H3,(H,36,37)/b13-8-,20-16+,21-14-,22-15+,23-12-,24-17-,25-19-. The number of likely N-dealkylation sites (N-methyl/N-ethyl adjacent to an activating group) is 1. The second kappa shape index (κ2) is 17.1. The van der Waals surface area contributed by atoms with E-state index in [1.807, 2.05) is 13.8 Å². The summed E-state index contributed by atoms with van der Waals surface area (Å²) in [5.41, 5.74) is -0.745. The number of thioether (sulfide) groups is 1. The minimum atomic E-state index is -4.61. The Kier molecular flexibility index (Phi) is 15.9. The quantitative estimate of drug-likeness (QED) is 0.133. The Balaban J connectivity index is 6.18. The molecule has 1 amide bonds. The van der Waals surface area contributed by atoms with Crippen LogP contribution in [-0.4, -0.2) is 31.9 Å². The van der Waals surface area contributed by atoms with Gasteiger partial charge in [-0.3, -0.25) is 4.79 Å². The summed E-state index contributed by atoms with van der Waals surface area (Å²) in [5, 5.41) is 5.09. The summed E-state index contributed by atoms with van der Waals surface area (Å²) in [7, 11) is 1.35. The second-order valence-corrected chi connectivity index (χ2v) is 9.18. The summed E-state index contributed by atoms with van der Waals surface area (Å²) in [4.78, 5) is 13.9. The van der Waals surface area contributed by atoms with Crippen molar-refractivity contribution in [2.75, 3.05) is 13.6 Å². The average Bonchev–Trinajstić information content (AvgIpc) is 2.84. The van der Waals surface area contributed by atoms with E-state index in [9.17, 15) is 31.1 Å². The van der Waals surface area contributed by atoms with Gasteiger partial charge in [-0.05, 0) is 57.8 Å². The van der Waals surface area contributed by atoms with Gasteiger partial charge in [-0.2, -0.15) is 26.3 Å². The third-order valence-electron chi connectivity index (χ3n) is 5.13. The van der Waals surface area contributed by atoms with E-state index in [1.165, 1.54) is 18.8 Å². The number of hydrogen-bond donors (Lipinski definition) is 2. The molecule has 2 N–H and O–H groups in total. The van der Waals surface area contributed by atoms with Gasteiger partial charge in [0, 0.05) is 23.4 Å². The monoisotopic (exact) mass is 564 g/mol. The van der Waals surface area contributed by atoms with Gasteiger partial charge in [-0.15, -0.1) is 0 Å². The first kappa shape index (κ1) is 35.4. The Morgan fingerprint density at radius 2 is 1.42 bits per heavy atom. The van der Waals surface area contributed by atoms with E-state index in [4.69, 9.17) is 0 Å². The molecule has 0 saturated carbocycles. The van der Waals surface area contributed by atoms with E-state index in [1.54, 1.807) is 45.9 Å². The predicted molar refractivity (Wildman–Crippen MR) is 146 cm³/mol. The molecule has 38 heavy (non-hydrogen) atoms. The van der Waals surface area contributed by atoms with Gasteiger partial charge in [0.05, 0.1) is 11.1 Å². The highest BCUT2D eigenvalue weighted by Crippen LogP contribution is 2.38. The van der Waals surface area contributed by atoms with Crippen molar-refractivity contribution in [1.82, 2.24) is 10.6 Å². The molecule has 214 valence electrons. The summed E-state index contributed by atoms with van der Waals surface area (Å²) in [6.45, 7) is 10.3. The van der Waals surface area contributed by atoms with Crippen LogP contribution in [0.4, 0.5) is 26.3 Å². The fourth-order valence-corrected chi connectivity index (χ4v) is 4.13. The lowest BCUT2D eigenvalue weighted by Gasteiger charge is -2.18. The molecule has 0 aliphatic heterocycles. The Morgan fingerprint density at radius 1 is 0.895 bits per heavy atom. The molecule has 0 bridgehead atoms. The van der Waals surface area contributed by atoms with E-state index < -0.39 is 29.4 Å². The molecular formula is C28H38F6N2OS. The molecule has 0 aromatic heterocycles. The van der Waals surface area contributed by atoms with E-state index in [0.29, 0.717) is 21.8 Å². The zero-order valence-electron chi connectivity index (χ0n) is 23.0. The smallest absolute Gasteiger partial charge is 0.384 e. The van der Waals surface area contributed by atoms with Crippen LogP contribution in [0.3, 0.4) is 0 Å². The van der Waals surface area contributed by atoms with Gasteiger partial charge in [0.25, 0.3) is 5.91 Å². The SMILES string of the molecule is C\C=C/C(=C\C(=C\CC)C(F)(F)F)C(/S/C(=C\C)CNC(=O)/C(=C/C(=C\CC)C(F)(F)F)NC)=C(\C)CC. The molecule has 0 atom stereocenters. The first-order chi connectivity index (χ1) is 17.7. The fraction of sp³-hybridized carbons (Fsp3) is 0.464. The summed E-state index contributed by atoms with van der Waals surface area (Å²) in [6.07, 6.45) is 0.719. The van der Waals surface area contributed by atoms with Gasteiger partial charge >= 0.3 is 12.4 Å². The number of amides is 1. The van der Waals surface area contributed by atoms with Crippen LogP contribution in [0.15, 0.2) is 80.3 Å². The van der Waals surface area contributed by atoms with Crippen LogP contribution in [-0.2, 0) is 4.79 Å². The van der Waals surface area contributed by atoms with Crippen LogP contribution in [0.1, 0.15) is 60.8 Å². The summed E-state index contributed by atoms with van der Waals surface area (Å²) in [5.74, 6) is -0.745. The summed E-state index contributed by atoms with van der Waals surface area (Å²) in [6, 6.07) is 0. The van der Waals surface area contributed by atoms with E-state index in [2.05, 4.69) is 10.6 Å². The van der Waals surface area contributed by atoms with Gasteiger partial charge in [0.15, 0.2) is 0 Å². The van der Waals surface area contributed by atoms with Crippen LogP contribution < -0.4 is 10.6 Å². The third kappa shape index (κ3) is 12.3. The molecule has 0 spiro atoms. The zero-order valence-corrected chi connectivity index (χ0v) is 23.8. The maximum atomic E-state index is 13.6. The van der Waals surface area contributed by atoms with Gasteiger partial charge in [0.2, 0.25) is 0 Å². The van der Waals surface area contributed by atoms with Crippen LogP contribution in [0.2, 0.25) is 0 Å². The second-order valence-electron chi connectivity index (χ2n) is 8.04. The molecule has 0 aliphatic rings. The normalized spacial score (nSPS) is 15.7. The minimum absolute atomic E-state index is 0.0294. The number of alkyl halides is 6. The Labute approximate surface area is 226 Å². The molecule has 0 aliphatic carbocycles. The van der Waals surface area contributed by atoms with Crippen LogP contribution in [0, 0.1) is 0 Å². The van der Waals surface area contributed by atoms with Gasteiger partial charge in [0.1, 0.15) is 5.70 Å². The Bertz CT molecular complexity index is 1010. The molecule has 0 radical (unpaired) electrons. The Hall–Kier alpha value is -2.62. The number of nitrogens with one attached hydrogen (secondary N) is 2. The summed E-state index contributed by atoms with van der Waals surface area (Å²) >= 11 is 1.21. The molecule has 0 heterocycles. The zero-order chi connectivity index (χ0) is 29.5. The van der Waals surface area contributed by atoms with Crippen molar-refractivity contribution in [3.05, 3.63) is 80.3 Å². The van der Waals surface area contributed by atoms with E-state index in [0.717, 1.165) is 29.9 Å². The first-order valence-electron chi connectivity index (χ1n) is 12.3. The highest BCUT2D eigenvalue weighted by Gasteiger charge is 2.33. The van der Waals surface area contributed by atoms with E-state index >= 15 is 0 Å². The molecule has 0 unspecified atom stereocenters. The number of carbonyl (C=O) groups is 1. The summed E-state index contributed by atoms with van der Waals surface area (Å²) < 4.78 is 80.6. The largest absolute Gasteiger partial charge is 0.416 e. The molecule has 0 saturated heterocycles. The average molecular weight is 565 g/mol. The molecule has 0 aromatic carbocycles. The lowest BCUT2D eigenvalue weighted by Crippen LogP contribution is -2.32. The third-order valence-corrected chi connectivity index (χ3v) is 6.56. The number of rotatable bonds is 13. The molecule has 0 aromatic rings. The highest BCUT2D eigenvalue weighted by atomic mass is 32.2. The molecular weight excluding hydrogens is 526 g/mol. The molecule has 10 heteroatoms. The molecule has 0 fully saturated rings. The van der Waals surface area contributed by atoms with Crippen molar-refractivity contribution in [2.24, 2.45) is 0 Å². The molecule has 0 rings (SSSR count). The van der Waals surface area contributed by atoms with Crippen molar-refractivity contribution < 1.29 is 31.1 Å². The van der Waals surface area contributed by atoms with Gasteiger partial charge in [-0.25, -0.2) is 0 Å². The van der Waals surface area contributed by atoms with Gasteiger partial charge in [-0.1, -0.05) is 68.5 Å². The lowest BCUT2D eigenvalue weighted by molar-refractivity contribution is -0.117. The fourth-order valence-electron chi connectivity index (χ4n) is 3.04. The first-order valence-corrected chi connectivity index (χ1v) is 13.1. The topological polar surface area (TPSA) is 41.1 Å². The van der Waals surface area contributed by atoms with Gasteiger partial charge < -0.3 is 10.6 Å². The Morgan fingerprint density at radius 3 is 1.82 bits per heavy atom. The maximum absolute atomic E-state index is 13.6. The van der Waals surface area contributed by atoms with Crippen LogP contribution >= 0.6 is 11.8 Å². The van der Waals surface area contributed by atoms with Crippen molar-refractivity contribution >= 4 is 17.7 Å². The maximum Gasteiger partial charge on any atom is 0.416 e. The van der Waals surface area contributed by atoms with Crippen molar-refractivity contribution in [3.63, 3.8) is 0 Å². The predicted octanol–water partition coefficient (Wildman–Crippen LogP) is 8.83. The van der Waals surface area contributed by atoms with Crippen molar-refractivity contribution in [1.29, 1.82) is 0 Å². The molecule has 3 nitrogen and oxygen atoms in total. The van der Waals surface area contributed by atoms with Crippen molar-refractivity contribution in [3.8, 4) is 0 Å². The highest BCUT2D eigenvalue weighted by molar-refractivity contribution is 8.07. The lowest BCUT2D eigenvalue weighted by atomic mass is 10.1. The number of halogens is 6. The minimum Gasteiger partial charge on any atom is -0.384 e. The van der Waals surface area contributed by atoms with Crippen LogP contribution in [0.5, 0.6) is 0 Å². The van der Waals surface area contributed by atoms with E-state index in [-0.39, 0.29) is 25.1 Å². The number of allylic oxidation sites excluding steroid dienone is 11.